The average molecular weight is 263 g/mol. The van der Waals surface area contributed by atoms with Crippen LogP contribution in [-0.4, -0.2) is 18.6 Å². The first-order valence-corrected chi connectivity index (χ1v) is 4.96. The summed E-state index contributed by atoms with van der Waals surface area (Å²) in [5, 5.41) is 0. The van der Waals surface area contributed by atoms with E-state index in [0.717, 1.165) is 12.8 Å². The fourth-order valence-electron chi connectivity index (χ4n) is 1.16. The Bertz CT molecular complexity index is 197. The van der Waals surface area contributed by atoms with Gasteiger partial charge in [0, 0.05) is 16.5 Å². The van der Waals surface area contributed by atoms with Crippen LogP contribution in [0, 0.1) is 5.92 Å². The van der Waals surface area contributed by atoms with E-state index in [0.29, 0.717) is 12.8 Å². The maximum absolute atomic E-state index is 11.7. The van der Waals surface area contributed by atoms with Crippen LogP contribution >= 0.6 is 0 Å². The van der Waals surface area contributed by atoms with Gasteiger partial charge in [0.25, 0.3) is 0 Å². The molecule has 0 saturated heterocycles. The molecule has 1 atom stereocenters. The van der Waals surface area contributed by atoms with Gasteiger partial charge in [-0.15, -0.1) is 0 Å². The van der Waals surface area contributed by atoms with E-state index in [1.807, 2.05) is 13.8 Å². The number of hydrogen-bond donors (Lipinski definition) is 0. The summed E-state index contributed by atoms with van der Waals surface area (Å²) in [5.41, 5.74) is 0. The van der Waals surface area contributed by atoms with Gasteiger partial charge in [0.2, 0.25) is 0 Å². The number of esters is 2. The zero-order chi connectivity index (χ0) is 11.0. The van der Waals surface area contributed by atoms with Gasteiger partial charge in [-0.2, -0.15) is 0 Å². The molecule has 92 valence electrons. The van der Waals surface area contributed by atoms with Crippen molar-refractivity contribution in [2.24, 2.45) is 5.92 Å². The molecule has 15 heavy (non-hydrogen) atoms. The summed E-state index contributed by atoms with van der Waals surface area (Å²) in [7, 11) is 0. The monoisotopic (exact) mass is 262 g/mol. The largest absolute Gasteiger partial charge is 0.391 e. The minimum absolute atomic E-state index is 0. The van der Waals surface area contributed by atoms with E-state index >= 15 is 0 Å². The van der Waals surface area contributed by atoms with Gasteiger partial charge in [-0.05, 0) is 12.8 Å². The van der Waals surface area contributed by atoms with Crippen LogP contribution in [0.5, 0.6) is 0 Å². The van der Waals surface area contributed by atoms with Crippen LogP contribution in [0.25, 0.3) is 0 Å². The second-order valence-electron chi connectivity index (χ2n) is 3.17. The van der Waals surface area contributed by atoms with Crippen LogP contribution in [0.3, 0.4) is 0 Å². The van der Waals surface area contributed by atoms with Crippen molar-refractivity contribution in [1.29, 1.82) is 0 Å². The molecule has 0 fully saturated rings. The summed E-state index contributed by atoms with van der Waals surface area (Å²) in [6.07, 6.45) is 3.22. The number of ether oxygens (including phenoxy) is 1. The molecular weight excluding hydrogens is 246 g/mol. The van der Waals surface area contributed by atoms with Crippen molar-refractivity contribution < 1.29 is 35.2 Å². The van der Waals surface area contributed by atoms with Gasteiger partial charge >= 0.3 is 11.9 Å². The molecule has 0 aromatic heterocycles. The molecule has 0 aliphatic carbocycles. The first-order valence-electron chi connectivity index (χ1n) is 4.96. The number of unbranched alkanes of at least 4 members (excludes halogenated alkanes) is 1. The Kier molecular flexibility index (Phi) is 11.4. The van der Waals surface area contributed by atoms with Gasteiger partial charge in [-0.25, -0.2) is 9.18 Å². The predicted molar refractivity (Wildman–Crippen MR) is 50.4 cm³/mol. The molecule has 0 N–H and O–H groups in total. The van der Waals surface area contributed by atoms with Crippen molar-refractivity contribution in [3.63, 3.8) is 0 Å². The van der Waals surface area contributed by atoms with Gasteiger partial charge in [0.1, 0.15) is 0 Å². The van der Waals surface area contributed by atoms with E-state index in [1.54, 1.807) is 0 Å². The molecule has 0 aliphatic rings. The zero-order valence-corrected chi connectivity index (χ0v) is 10.0. The summed E-state index contributed by atoms with van der Waals surface area (Å²) in [4.78, 5) is 21.7. The van der Waals surface area contributed by atoms with Crippen LogP contribution in [-0.2, 0) is 30.8 Å². The Labute approximate surface area is 99.7 Å². The molecule has 1 unspecified atom stereocenters. The Morgan fingerprint density at radius 1 is 1.33 bits per heavy atom. The van der Waals surface area contributed by atoms with Crippen molar-refractivity contribution in [2.45, 2.75) is 39.5 Å². The Morgan fingerprint density at radius 3 is 2.33 bits per heavy atom. The molecule has 0 rings (SSSR count). The summed E-state index contributed by atoms with van der Waals surface area (Å²) >= 11 is 0. The minimum atomic E-state index is -1.24. The Balaban J connectivity index is 0. The Hall–Kier alpha value is -0.436. The molecule has 0 heterocycles. The van der Waals surface area contributed by atoms with E-state index < -0.39 is 18.6 Å². The van der Waals surface area contributed by atoms with Crippen molar-refractivity contribution in [1.82, 2.24) is 0 Å². The molecule has 0 radical (unpaired) electrons. The molecule has 3 nitrogen and oxygen atoms in total. The van der Waals surface area contributed by atoms with E-state index in [9.17, 15) is 14.0 Å². The van der Waals surface area contributed by atoms with Crippen LogP contribution in [0.4, 0.5) is 4.39 Å². The van der Waals surface area contributed by atoms with Gasteiger partial charge in [-0.3, -0.25) is 4.79 Å². The fourth-order valence-corrected chi connectivity index (χ4v) is 1.16. The summed E-state index contributed by atoms with van der Waals surface area (Å²) < 4.78 is 16.0. The van der Waals surface area contributed by atoms with Gasteiger partial charge in [-0.1, -0.05) is 26.7 Å². The number of rotatable bonds is 6. The van der Waals surface area contributed by atoms with E-state index in [2.05, 4.69) is 4.74 Å². The number of hydrogen-bond acceptors (Lipinski definition) is 3. The third-order valence-electron chi connectivity index (χ3n) is 2.06. The number of alkyl halides is 1. The summed E-state index contributed by atoms with van der Waals surface area (Å²) in [5.74, 6) is -1.96. The molecule has 0 bridgehead atoms. The van der Waals surface area contributed by atoms with Crippen molar-refractivity contribution in [3.8, 4) is 0 Å². The third kappa shape index (κ3) is 7.49. The first-order chi connectivity index (χ1) is 6.65. The summed E-state index contributed by atoms with van der Waals surface area (Å²) in [6, 6.07) is 0. The summed E-state index contributed by atoms with van der Waals surface area (Å²) in [6.45, 7) is 2.63. The maximum Gasteiger partial charge on any atom is 0.345 e. The van der Waals surface area contributed by atoms with Gasteiger partial charge in [0.05, 0.1) is 5.92 Å². The average Bonchev–Trinajstić information content (AvgIpc) is 2.18. The molecule has 0 amide bonds. The van der Waals surface area contributed by atoms with E-state index in [4.69, 9.17) is 0 Å². The quantitative estimate of drug-likeness (QED) is 0.419. The second-order valence-corrected chi connectivity index (χ2v) is 3.17. The molecule has 0 saturated carbocycles. The van der Waals surface area contributed by atoms with Crippen molar-refractivity contribution in [2.75, 3.05) is 6.67 Å². The number of carbonyl (C=O) groups excluding carboxylic acids is 2. The first kappa shape index (κ1) is 17.0. The third-order valence-corrected chi connectivity index (χ3v) is 2.06. The van der Waals surface area contributed by atoms with Crippen LogP contribution in [0.1, 0.15) is 39.5 Å². The minimum Gasteiger partial charge on any atom is -0.391 e. The Morgan fingerprint density at radius 2 is 1.93 bits per heavy atom. The SMILES string of the molecule is CCCCC(CC)C(=O)OC(=O)CF.[Ni]. The molecule has 0 spiro atoms. The predicted octanol–water partition coefficient (Wildman–Crippen LogP) is 2.24. The van der Waals surface area contributed by atoms with Crippen molar-refractivity contribution >= 4 is 11.9 Å². The molecular formula is C10H17FNiO3. The number of halogens is 1. The molecule has 0 aromatic carbocycles. The fraction of sp³-hybridized carbons (Fsp3) is 0.800. The number of carbonyl (C=O) groups is 2. The van der Waals surface area contributed by atoms with E-state index in [1.165, 1.54) is 0 Å². The normalized spacial score (nSPS) is 11.4. The maximum atomic E-state index is 11.7. The second kappa shape index (κ2) is 10.1. The van der Waals surface area contributed by atoms with Crippen LogP contribution in [0.2, 0.25) is 0 Å². The van der Waals surface area contributed by atoms with Gasteiger partial charge in [0.15, 0.2) is 6.67 Å². The van der Waals surface area contributed by atoms with Gasteiger partial charge < -0.3 is 4.74 Å². The van der Waals surface area contributed by atoms with Crippen LogP contribution in [0.15, 0.2) is 0 Å². The molecule has 0 aromatic rings. The smallest absolute Gasteiger partial charge is 0.345 e. The van der Waals surface area contributed by atoms with E-state index in [-0.39, 0.29) is 22.4 Å². The zero-order valence-electron chi connectivity index (χ0n) is 9.03. The standard InChI is InChI=1S/C10H17FO3.Ni/c1-3-5-6-8(4-2)10(13)14-9(12)7-11;/h8H,3-7H2,1-2H3;. The van der Waals surface area contributed by atoms with Crippen LogP contribution < -0.4 is 0 Å². The molecule has 5 heteroatoms. The van der Waals surface area contributed by atoms with Crippen molar-refractivity contribution in [3.05, 3.63) is 0 Å². The molecule has 0 aliphatic heterocycles. The topological polar surface area (TPSA) is 43.4 Å².